The lowest BCUT2D eigenvalue weighted by atomic mass is 9.92. The van der Waals surface area contributed by atoms with Crippen molar-refractivity contribution in [3.05, 3.63) is 53.7 Å². The zero-order valence-electron chi connectivity index (χ0n) is 13.4. The van der Waals surface area contributed by atoms with Crippen LogP contribution < -0.4 is 0 Å². The van der Waals surface area contributed by atoms with Crippen LogP contribution in [0, 0.1) is 5.92 Å². The molecule has 1 aromatic heterocycles. The van der Waals surface area contributed by atoms with Crippen LogP contribution in [0.2, 0.25) is 0 Å². The molecule has 0 radical (unpaired) electrons. The van der Waals surface area contributed by atoms with Gasteiger partial charge in [0.05, 0.1) is 11.3 Å². The molecule has 0 spiro atoms. The largest absolute Gasteiger partial charge is 0.478 e. The second-order valence-corrected chi connectivity index (χ2v) is 6.41. The number of aromatic nitrogens is 1. The lowest BCUT2D eigenvalue weighted by Crippen LogP contribution is -2.32. The molecule has 120 valence electrons. The molecule has 1 N–H and O–H groups in total. The van der Waals surface area contributed by atoms with Gasteiger partial charge >= 0.3 is 5.97 Å². The summed E-state index contributed by atoms with van der Waals surface area (Å²) < 4.78 is 0. The van der Waals surface area contributed by atoms with E-state index in [1.165, 1.54) is 24.9 Å². The first-order chi connectivity index (χ1) is 11.1. The lowest BCUT2D eigenvalue weighted by Gasteiger charge is -2.29. The molecule has 4 nitrogen and oxygen atoms in total. The van der Waals surface area contributed by atoms with Crippen LogP contribution >= 0.6 is 0 Å². The first-order valence-corrected chi connectivity index (χ1v) is 8.09. The molecule has 2 heterocycles. The first kappa shape index (κ1) is 15.7. The topological polar surface area (TPSA) is 53.4 Å². The van der Waals surface area contributed by atoms with Gasteiger partial charge in [0.15, 0.2) is 0 Å². The van der Waals surface area contributed by atoms with Gasteiger partial charge in [-0.25, -0.2) is 4.79 Å². The van der Waals surface area contributed by atoms with E-state index >= 15 is 0 Å². The normalized spacial score (nSPS) is 18.7. The molecule has 1 aromatic carbocycles. The number of hydrogen-bond donors (Lipinski definition) is 1. The second kappa shape index (κ2) is 6.92. The Balaban J connectivity index is 1.72. The summed E-state index contributed by atoms with van der Waals surface area (Å²) in [5.41, 5.74) is 3.20. The molecule has 23 heavy (non-hydrogen) atoms. The van der Waals surface area contributed by atoms with Crippen LogP contribution in [-0.4, -0.2) is 41.1 Å². The number of carboxylic acids is 1. The number of nitrogens with zero attached hydrogens (tertiary/aromatic N) is 2. The molecule has 3 rings (SSSR count). The number of aromatic carboxylic acids is 1. The summed E-state index contributed by atoms with van der Waals surface area (Å²) in [5, 5.41) is 9.08. The zero-order valence-corrected chi connectivity index (χ0v) is 13.4. The Kier molecular flexibility index (Phi) is 4.72. The Bertz CT molecular complexity index is 682. The van der Waals surface area contributed by atoms with Crippen molar-refractivity contribution in [3.8, 4) is 11.3 Å². The van der Waals surface area contributed by atoms with Crippen molar-refractivity contribution >= 4 is 5.97 Å². The van der Waals surface area contributed by atoms with Gasteiger partial charge in [-0.05, 0) is 62.5 Å². The maximum atomic E-state index is 11.1. The summed E-state index contributed by atoms with van der Waals surface area (Å²) in [5.74, 6) is -0.207. The van der Waals surface area contributed by atoms with E-state index in [9.17, 15) is 4.79 Å². The maximum Gasteiger partial charge on any atom is 0.335 e. The SMILES string of the molecule is CN1CCCC(Cc2ccc(-c3cccc(C(=O)O)c3)nc2)C1. The van der Waals surface area contributed by atoms with Gasteiger partial charge in [-0.2, -0.15) is 0 Å². The fourth-order valence-corrected chi connectivity index (χ4v) is 3.30. The summed E-state index contributed by atoms with van der Waals surface area (Å²) in [6.45, 7) is 2.36. The van der Waals surface area contributed by atoms with Crippen molar-refractivity contribution in [2.24, 2.45) is 5.92 Å². The van der Waals surface area contributed by atoms with E-state index in [1.54, 1.807) is 18.2 Å². The quantitative estimate of drug-likeness (QED) is 0.941. The number of hydrogen-bond acceptors (Lipinski definition) is 3. The molecule has 0 aliphatic carbocycles. The van der Waals surface area contributed by atoms with Gasteiger partial charge in [0.1, 0.15) is 0 Å². The molecule has 1 aliphatic heterocycles. The Morgan fingerprint density at radius 2 is 2.22 bits per heavy atom. The van der Waals surface area contributed by atoms with Crippen LogP contribution in [-0.2, 0) is 6.42 Å². The fraction of sp³-hybridized carbons (Fsp3) is 0.368. The van der Waals surface area contributed by atoms with E-state index in [0.717, 1.165) is 24.2 Å². The molecular weight excluding hydrogens is 288 g/mol. The van der Waals surface area contributed by atoms with Crippen LogP contribution in [0.4, 0.5) is 0 Å². The third-order valence-corrected chi connectivity index (χ3v) is 4.48. The number of benzene rings is 1. The molecule has 1 unspecified atom stereocenters. The molecule has 1 atom stereocenters. The van der Waals surface area contributed by atoms with Gasteiger partial charge in [0.2, 0.25) is 0 Å². The minimum absolute atomic E-state index is 0.290. The van der Waals surface area contributed by atoms with Gasteiger partial charge in [0.25, 0.3) is 0 Å². The van der Waals surface area contributed by atoms with Gasteiger partial charge in [0, 0.05) is 18.3 Å². The predicted molar refractivity (Wildman–Crippen MR) is 90.6 cm³/mol. The van der Waals surface area contributed by atoms with E-state index < -0.39 is 5.97 Å². The van der Waals surface area contributed by atoms with Gasteiger partial charge < -0.3 is 10.0 Å². The molecular formula is C19H22N2O2. The minimum atomic E-state index is -0.912. The molecule has 0 bridgehead atoms. The van der Waals surface area contributed by atoms with Crippen molar-refractivity contribution in [1.29, 1.82) is 0 Å². The molecule has 0 amide bonds. The van der Waals surface area contributed by atoms with Crippen LogP contribution in [0.3, 0.4) is 0 Å². The highest BCUT2D eigenvalue weighted by molar-refractivity contribution is 5.89. The molecule has 4 heteroatoms. The van der Waals surface area contributed by atoms with E-state index in [0.29, 0.717) is 11.5 Å². The Morgan fingerprint density at radius 3 is 2.91 bits per heavy atom. The van der Waals surface area contributed by atoms with Crippen LogP contribution in [0.15, 0.2) is 42.6 Å². The Labute approximate surface area is 136 Å². The molecule has 1 saturated heterocycles. The van der Waals surface area contributed by atoms with Gasteiger partial charge in [-0.1, -0.05) is 18.2 Å². The van der Waals surface area contributed by atoms with Crippen molar-refractivity contribution in [3.63, 3.8) is 0 Å². The standard InChI is InChI=1S/C19H22N2O2/c1-21-9-3-4-15(13-21)10-14-7-8-18(20-12-14)16-5-2-6-17(11-16)19(22)23/h2,5-8,11-12,15H,3-4,9-10,13H2,1H3,(H,22,23). The highest BCUT2D eigenvalue weighted by atomic mass is 16.4. The van der Waals surface area contributed by atoms with Crippen LogP contribution in [0.1, 0.15) is 28.8 Å². The predicted octanol–water partition coefficient (Wildman–Crippen LogP) is 3.33. The van der Waals surface area contributed by atoms with Crippen molar-refractivity contribution in [2.75, 3.05) is 20.1 Å². The second-order valence-electron chi connectivity index (χ2n) is 6.41. The zero-order chi connectivity index (χ0) is 16.2. The number of rotatable bonds is 4. The summed E-state index contributed by atoms with van der Waals surface area (Å²) in [6, 6.07) is 11.0. The first-order valence-electron chi connectivity index (χ1n) is 8.09. The fourth-order valence-electron chi connectivity index (χ4n) is 3.30. The average Bonchev–Trinajstić information content (AvgIpc) is 2.56. The summed E-state index contributed by atoms with van der Waals surface area (Å²) in [6.07, 6.45) is 5.55. The number of likely N-dealkylation sites (tertiary alicyclic amines) is 1. The molecule has 2 aromatic rings. The smallest absolute Gasteiger partial charge is 0.335 e. The van der Waals surface area contributed by atoms with Gasteiger partial charge in [-0.15, -0.1) is 0 Å². The molecule has 0 saturated carbocycles. The summed E-state index contributed by atoms with van der Waals surface area (Å²) in [7, 11) is 2.18. The van der Waals surface area contributed by atoms with Gasteiger partial charge in [-0.3, -0.25) is 4.98 Å². The van der Waals surface area contributed by atoms with Crippen molar-refractivity contribution in [2.45, 2.75) is 19.3 Å². The number of pyridine rings is 1. The van der Waals surface area contributed by atoms with Crippen LogP contribution in [0.5, 0.6) is 0 Å². The van der Waals surface area contributed by atoms with E-state index in [1.807, 2.05) is 18.3 Å². The summed E-state index contributed by atoms with van der Waals surface area (Å²) >= 11 is 0. The van der Waals surface area contributed by atoms with E-state index in [2.05, 4.69) is 23.0 Å². The Hall–Kier alpha value is -2.20. The van der Waals surface area contributed by atoms with Crippen LogP contribution in [0.25, 0.3) is 11.3 Å². The maximum absolute atomic E-state index is 11.1. The highest BCUT2D eigenvalue weighted by Gasteiger charge is 2.17. The number of carboxylic acid groups (broad SMARTS) is 1. The molecule has 1 aliphatic rings. The highest BCUT2D eigenvalue weighted by Crippen LogP contribution is 2.22. The average molecular weight is 310 g/mol. The number of piperidine rings is 1. The van der Waals surface area contributed by atoms with Crippen molar-refractivity contribution in [1.82, 2.24) is 9.88 Å². The van der Waals surface area contributed by atoms with Crippen molar-refractivity contribution < 1.29 is 9.90 Å². The third kappa shape index (κ3) is 3.96. The monoisotopic (exact) mass is 310 g/mol. The Morgan fingerprint density at radius 1 is 1.35 bits per heavy atom. The third-order valence-electron chi connectivity index (χ3n) is 4.48. The van der Waals surface area contributed by atoms with E-state index in [-0.39, 0.29) is 0 Å². The minimum Gasteiger partial charge on any atom is -0.478 e. The number of carbonyl (C=O) groups is 1. The summed E-state index contributed by atoms with van der Waals surface area (Å²) in [4.78, 5) is 18.0. The molecule has 1 fully saturated rings. The lowest BCUT2D eigenvalue weighted by molar-refractivity contribution is 0.0697. The van der Waals surface area contributed by atoms with E-state index in [4.69, 9.17) is 5.11 Å².